The van der Waals surface area contributed by atoms with E-state index in [0.29, 0.717) is 28.9 Å². The van der Waals surface area contributed by atoms with Gasteiger partial charge >= 0.3 is 0 Å². The highest BCUT2D eigenvalue weighted by Crippen LogP contribution is 2.34. The van der Waals surface area contributed by atoms with Crippen molar-refractivity contribution in [3.8, 4) is 0 Å². The van der Waals surface area contributed by atoms with Gasteiger partial charge < -0.3 is 5.32 Å². The molecule has 0 unspecified atom stereocenters. The normalized spacial score (nSPS) is 15.4. The Labute approximate surface area is 188 Å². The molecule has 5 nitrogen and oxygen atoms in total. The zero-order valence-corrected chi connectivity index (χ0v) is 18.0. The summed E-state index contributed by atoms with van der Waals surface area (Å²) < 4.78 is 68.0. The minimum atomic E-state index is -4.37. The van der Waals surface area contributed by atoms with Crippen LogP contribution in [-0.2, 0) is 16.4 Å². The van der Waals surface area contributed by atoms with Gasteiger partial charge in [-0.3, -0.25) is 4.72 Å². The van der Waals surface area contributed by atoms with E-state index in [0.717, 1.165) is 12.8 Å². The summed E-state index contributed by atoms with van der Waals surface area (Å²) in [7, 11) is -4.37. The smallest absolute Gasteiger partial charge is 0.262 e. The number of nitrogens with zero attached hydrogens (tertiary/aromatic N) is 1. The summed E-state index contributed by atoms with van der Waals surface area (Å²) in [5.41, 5.74) is 3.26. The molecule has 0 spiro atoms. The van der Waals surface area contributed by atoms with E-state index in [9.17, 15) is 21.6 Å². The number of benzene rings is 3. The standard InChI is InChI=1S/C24H18F3N3O2S/c25-18-12-15(13-19(26)24(18)27)33(31,32)30-22-7-3-6-20-17(22)9-11-23(28-20)29-21-10-8-14-4-1-2-5-16(14)21/h1-7,9,11-13,21,30H,8,10H2,(H,28,29)/t21-/m1/s1. The molecule has 168 valence electrons. The van der Waals surface area contributed by atoms with Crippen molar-refractivity contribution in [2.45, 2.75) is 23.8 Å². The summed E-state index contributed by atoms with van der Waals surface area (Å²) in [5.74, 6) is -4.25. The molecule has 0 bridgehead atoms. The quantitative estimate of drug-likeness (QED) is 0.376. The van der Waals surface area contributed by atoms with Crippen LogP contribution in [0, 0.1) is 17.5 Å². The second kappa shape index (κ2) is 8.08. The maximum atomic E-state index is 13.5. The van der Waals surface area contributed by atoms with Crippen LogP contribution < -0.4 is 10.0 Å². The van der Waals surface area contributed by atoms with Gasteiger partial charge in [0.25, 0.3) is 10.0 Å². The number of pyridine rings is 1. The lowest BCUT2D eigenvalue weighted by atomic mass is 10.1. The van der Waals surface area contributed by atoms with Gasteiger partial charge in [-0.15, -0.1) is 0 Å². The molecule has 3 aromatic carbocycles. The molecule has 9 heteroatoms. The summed E-state index contributed by atoms with van der Waals surface area (Å²) in [4.78, 5) is 3.88. The molecule has 1 heterocycles. The summed E-state index contributed by atoms with van der Waals surface area (Å²) in [6.45, 7) is 0. The summed E-state index contributed by atoms with van der Waals surface area (Å²) in [6, 6.07) is 17.6. The lowest BCUT2D eigenvalue weighted by Gasteiger charge is -2.16. The van der Waals surface area contributed by atoms with E-state index in [4.69, 9.17) is 0 Å². The monoisotopic (exact) mass is 469 g/mol. The second-order valence-corrected chi connectivity index (χ2v) is 9.49. The van der Waals surface area contributed by atoms with Crippen LogP contribution in [0.1, 0.15) is 23.6 Å². The molecule has 1 aromatic heterocycles. The van der Waals surface area contributed by atoms with Crippen LogP contribution in [-0.4, -0.2) is 13.4 Å². The predicted molar refractivity (Wildman–Crippen MR) is 120 cm³/mol. The molecular weight excluding hydrogens is 451 g/mol. The van der Waals surface area contributed by atoms with Gasteiger partial charge in [0, 0.05) is 5.39 Å². The van der Waals surface area contributed by atoms with Gasteiger partial charge in [0.15, 0.2) is 17.5 Å². The van der Waals surface area contributed by atoms with Crippen molar-refractivity contribution in [1.82, 2.24) is 4.98 Å². The van der Waals surface area contributed by atoms with Crippen molar-refractivity contribution < 1.29 is 21.6 Å². The average Bonchev–Trinajstić information content (AvgIpc) is 3.20. The fourth-order valence-electron chi connectivity index (χ4n) is 4.10. The molecule has 2 N–H and O–H groups in total. The molecule has 5 rings (SSSR count). The first-order valence-electron chi connectivity index (χ1n) is 10.2. The third-order valence-corrected chi connectivity index (χ3v) is 7.04. The fraction of sp³-hybridized carbons (Fsp3) is 0.125. The van der Waals surface area contributed by atoms with Crippen molar-refractivity contribution in [1.29, 1.82) is 0 Å². The van der Waals surface area contributed by atoms with E-state index < -0.39 is 32.4 Å². The lowest BCUT2D eigenvalue weighted by molar-refractivity contribution is 0.442. The van der Waals surface area contributed by atoms with E-state index in [-0.39, 0.29) is 11.7 Å². The Morgan fingerprint density at radius 2 is 1.67 bits per heavy atom. The lowest BCUT2D eigenvalue weighted by Crippen LogP contribution is -2.14. The third kappa shape index (κ3) is 4.00. The number of hydrogen-bond acceptors (Lipinski definition) is 4. The van der Waals surface area contributed by atoms with Gasteiger partial charge in [0.1, 0.15) is 5.82 Å². The molecule has 4 aromatic rings. The zero-order chi connectivity index (χ0) is 23.2. The number of hydrogen-bond donors (Lipinski definition) is 2. The van der Waals surface area contributed by atoms with E-state index >= 15 is 0 Å². The van der Waals surface area contributed by atoms with Crippen LogP contribution in [0.4, 0.5) is 24.7 Å². The Morgan fingerprint density at radius 1 is 0.909 bits per heavy atom. The number of sulfonamides is 1. The predicted octanol–water partition coefficient (Wildman–Crippen LogP) is 5.55. The number of nitrogens with one attached hydrogen (secondary N) is 2. The highest BCUT2D eigenvalue weighted by atomic mass is 32.2. The Hall–Kier alpha value is -3.59. The molecule has 1 aliphatic rings. The maximum absolute atomic E-state index is 13.5. The third-order valence-electron chi connectivity index (χ3n) is 5.70. The summed E-state index contributed by atoms with van der Waals surface area (Å²) in [6.07, 6.45) is 1.93. The van der Waals surface area contributed by atoms with Crippen LogP contribution in [0.2, 0.25) is 0 Å². The fourth-order valence-corrected chi connectivity index (χ4v) is 5.20. The molecule has 0 radical (unpaired) electrons. The second-order valence-electron chi connectivity index (χ2n) is 7.81. The Bertz CT molecular complexity index is 1470. The molecule has 0 saturated carbocycles. The Morgan fingerprint density at radius 3 is 2.45 bits per heavy atom. The first-order chi connectivity index (χ1) is 15.8. The van der Waals surface area contributed by atoms with Crippen LogP contribution in [0.15, 0.2) is 71.6 Å². The van der Waals surface area contributed by atoms with Gasteiger partial charge in [0.2, 0.25) is 0 Å². The Balaban J connectivity index is 1.44. The van der Waals surface area contributed by atoms with Crippen molar-refractivity contribution in [3.63, 3.8) is 0 Å². The highest BCUT2D eigenvalue weighted by Gasteiger charge is 2.23. The van der Waals surface area contributed by atoms with Crippen LogP contribution >= 0.6 is 0 Å². The van der Waals surface area contributed by atoms with Crippen LogP contribution in [0.25, 0.3) is 10.9 Å². The van der Waals surface area contributed by atoms with E-state index in [1.54, 1.807) is 24.3 Å². The molecular formula is C24H18F3N3O2S. The number of rotatable bonds is 5. The number of aromatic nitrogens is 1. The molecule has 1 atom stereocenters. The van der Waals surface area contributed by atoms with Crippen LogP contribution in [0.5, 0.6) is 0 Å². The van der Waals surface area contributed by atoms with Gasteiger partial charge in [0.05, 0.1) is 22.1 Å². The van der Waals surface area contributed by atoms with Gasteiger partial charge in [-0.1, -0.05) is 30.3 Å². The van der Waals surface area contributed by atoms with E-state index in [1.807, 2.05) is 12.1 Å². The van der Waals surface area contributed by atoms with E-state index in [2.05, 4.69) is 27.2 Å². The Kier molecular flexibility index (Phi) is 5.20. The topological polar surface area (TPSA) is 71.1 Å². The minimum absolute atomic E-state index is 0.135. The molecule has 0 saturated heterocycles. The van der Waals surface area contributed by atoms with Crippen molar-refractivity contribution in [2.24, 2.45) is 0 Å². The number of aryl methyl sites for hydroxylation is 1. The molecule has 0 fully saturated rings. The number of halogens is 3. The SMILES string of the molecule is O=S(=O)(Nc1cccc2nc(N[C@@H]3CCc4ccccc43)ccc12)c1cc(F)c(F)c(F)c1. The van der Waals surface area contributed by atoms with Crippen molar-refractivity contribution in [3.05, 3.63) is 95.3 Å². The summed E-state index contributed by atoms with van der Waals surface area (Å²) in [5, 5.41) is 3.93. The number of fused-ring (bicyclic) bond motifs is 2. The van der Waals surface area contributed by atoms with Crippen LogP contribution in [0.3, 0.4) is 0 Å². The van der Waals surface area contributed by atoms with Gasteiger partial charge in [-0.2, -0.15) is 0 Å². The first-order valence-corrected chi connectivity index (χ1v) is 11.7. The highest BCUT2D eigenvalue weighted by molar-refractivity contribution is 7.92. The van der Waals surface area contributed by atoms with Crippen molar-refractivity contribution in [2.75, 3.05) is 10.0 Å². The minimum Gasteiger partial charge on any atom is -0.363 e. The maximum Gasteiger partial charge on any atom is 0.262 e. The average molecular weight is 469 g/mol. The van der Waals surface area contributed by atoms with Crippen molar-refractivity contribution >= 4 is 32.4 Å². The molecule has 0 aliphatic heterocycles. The first kappa shape index (κ1) is 21.3. The van der Waals surface area contributed by atoms with E-state index in [1.165, 1.54) is 17.2 Å². The van der Waals surface area contributed by atoms with Gasteiger partial charge in [-0.25, -0.2) is 26.6 Å². The van der Waals surface area contributed by atoms with Gasteiger partial charge in [-0.05, 0) is 60.4 Å². The molecule has 0 amide bonds. The number of anilines is 2. The molecule has 1 aliphatic carbocycles. The molecule has 33 heavy (non-hydrogen) atoms. The largest absolute Gasteiger partial charge is 0.363 e. The summed E-state index contributed by atoms with van der Waals surface area (Å²) >= 11 is 0. The zero-order valence-electron chi connectivity index (χ0n) is 17.1.